The molecule has 2 aromatic rings. The van der Waals surface area contributed by atoms with Gasteiger partial charge in [-0.2, -0.15) is 0 Å². The van der Waals surface area contributed by atoms with Crippen LogP contribution in [0.1, 0.15) is 30.2 Å². The van der Waals surface area contributed by atoms with Crippen molar-refractivity contribution in [2.75, 3.05) is 5.32 Å². The van der Waals surface area contributed by atoms with E-state index >= 15 is 0 Å². The molecule has 2 N–H and O–H groups in total. The van der Waals surface area contributed by atoms with Crippen LogP contribution < -0.4 is 10.9 Å². The van der Waals surface area contributed by atoms with Crippen LogP contribution in [-0.4, -0.2) is 9.97 Å². The van der Waals surface area contributed by atoms with E-state index in [0.717, 1.165) is 29.8 Å². The fourth-order valence-corrected chi connectivity index (χ4v) is 1.95. The maximum Gasteiger partial charge on any atom is 0.252 e. The first kappa shape index (κ1) is 13.3. The third-order valence-corrected chi connectivity index (χ3v) is 2.95. The fraction of sp³-hybridized carbons (Fsp3) is 0.333. The molecule has 0 saturated carbocycles. The van der Waals surface area contributed by atoms with E-state index in [9.17, 15) is 4.79 Å². The Hall–Kier alpha value is -2.10. The lowest BCUT2D eigenvalue weighted by atomic mass is 10.1. The number of aryl methyl sites for hydroxylation is 3. The van der Waals surface area contributed by atoms with Gasteiger partial charge in [-0.25, -0.2) is 4.98 Å². The standard InChI is InChI=1S/C15H19N3O/c1-4-5-12-9-14(19)18-15(16-12)17-13-8-10(2)6-7-11(13)3/h6-9H,4-5H2,1-3H3,(H2,16,17,18,19). The summed E-state index contributed by atoms with van der Waals surface area (Å²) in [7, 11) is 0. The summed E-state index contributed by atoms with van der Waals surface area (Å²) in [5.74, 6) is 0.504. The molecular formula is C15H19N3O. The lowest BCUT2D eigenvalue weighted by Gasteiger charge is -2.10. The molecule has 0 aliphatic heterocycles. The van der Waals surface area contributed by atoms with Crippen LogP contribution in [0.3, 0.4) is 0 Å². The van der Waals surface area contributed by atoms with Gasteiger partial charge in [0.05, 0.1) is 0 Å². The van der Waals surface area contributed by atoms with Crippen LogP contribution in [0, 0.1) is 13.8 Å². The average Bonchev–Trinajstić information content (AvgIpc) is 2.33. The largest absolute Gasteiger partial charge is 0.325 e. The molecule has 1 aromatic carbocycles. The summed E-state index contributed by atoms with van der Waals surface area (Å²) in [5, 5.41) is 3.19. The lowest BCUT2D eigenvalue weighted by molar-refractivity contribution is 0.870. The molecule has 0 aliphatic carbocycles. The lowest BCUT2D eigenvalue weighted by Crippen LogP contribution is -2.12. The van der Waals surface area contributed by atoms with Gasteiger partial charge in [-0.1, -0.05) is 25.5 Å². The molecule has 0 aliphatic rings. The smallest absolute Gasteiger partial charge is 0.252 e. The Kier molecular flexibility index (Phi) is 4.00. The van der Waals surface area contributed by atoms with Gasteiger partial charge in [0.15, 0.2) is 0 Å². The first-order valence-electron chi connectivity index (χ1n) is 6.53. The molecule has 1 heterocycles. The third kappa shape index (κ3) is 3.44. The molecule has 1 aromatic heterocycles. The SMILES string of the molecule is CCCc1cc(=O)[nH]c(Nc2cc(C)ccc2C)n1. The Morgan fingerprint density at radius 1 is 1.26 bits per heavy atom. The average molecular weight is 257 g/mol. The van der Waals surface area contributed by atoms with Crippen LogP contribution in [0.25, 0.3) is 0 Å². The number of benzene rings is 1. The van der Waals surface area contributed by atoms with Crippen molar-refractivity contribution < 1.29 is 0 Å². The first-order chi connectivity index (χ1) is 9.08. The topological polar surface area (TPSA) is 57.8 Å². The number of aromatic nitrogens is 2. The van der Waals surface area contributed by atoms with Gasteiger partial charge in [0.1, 0.15) is 0 Å². The predicted octanol–water partition coefficient (Wildman–Crippen LogP) is 3.08. The molecule has 0 bridgehead atoms. The van der Waals surface area contributed by atoms with Crippen LogP contribution in [0.4, 0.5) is 11.6 Å². The molecule has 0 amide bonds. The molecule has 0 unspecified atom stereocenters. The van der Waals surface area contributed by atoms with Crippen LogP contribution in [0.2, 0.25) is 0 Å². The highest BCUT2D eigenvalue weighted by molar-refractivity contribution is 5.59. The number of nitrogens with one attached hydrogen (secondary N) is 2. The summed E-state index contributed by atoms with van der Waals surface area (Å²) in [6.45, 7) is 6.13. The zero-order valence-corrected chi connectivity index (χ0v) is 11.6. The maximum absolute atomic E-state index is 11.6. The summed E-state index contributed by atoms with van der Waals surface area (Å²) >= 11 is 0. The molecule has 0 fully saturated rings. The van der Waals surface area contributed by atoms with Crippen molar-refractivity contribution >= 4 is 11.6 Å². The summed E-state index contributed by atoms with van der Waals surface area (Å²) in [4.78, 5) is 18.7. The molecule has 0 saturated heterocycles. The Labute approximate surface area is 112 Å². The van der Waals surface area contributed by atoms with E-state index in [1.807, 2.05) is 26.0 Å². The van der Waals surface area contributed by atoms with Crippen molar-refractivity contribution in [1.82, 2.24) is 9.97 Å². The van der Waals surface area contributed by atoms with E-state index in [1.165, 1.54) is 5.56 Å². The third-order valence-electron chi connectivity index (χ3n) is 2.95. The van der Waals surface area contributed by atoms with E-state index in [1.54, 1.807) is 6.07 Å². The summed E-state index contributed by atoms with van der Waals surface area (Å²) in [6.07, 6.45) is 1.78. The van der Waals surface area contributed by atoms with Gasteiger partial charge in [0.2, 0.25) is 5.95 Å². The van der Waals surface area contributed by atoms with Gasteiger partial charge < -0.3 is 5.32 Å². The van der Waals surface area contributed by atoms with Gasteiger partial charge in [-0.15, -0.1) is 0 Å². The van der Waals surface area contributed by atoms with Crippen molar-refractivity contribution in [3.63, 3.8) is 0 Å². The van der Waals surface area contributed by atoms with Gasteiger partial charge in [0.25, 0.3) is 5.56 Å². The Balaban J connectivity index is 2.32. The second kappa shape index (κ2) is 5.69. The predicted molar refractivity (Wildman–Crippen MR) is 78.1 cm³/mol. The Morgan fingerprint density at radius 3 is 2.79 bits per heavy atom. The number of rotatable bonds is 4. The highest BCUT2D eigenvalue weighted by Crippen LogP contribution is 2.19. The molecule has 0 spiro atoms. The highest BCUT2D eigenvalue weighted by atomic mass is 16.1. The summed E-state index contributed by atoms with van der Waals surface area (Å²) in [5.41, 5.74) is 3.96. The van der Waals surface area contributed by atoms with Crippen molar-refractivity contribution in [3.05, 3.63) is 51.4 Å². The minimum Gasteiger partial charge on any atom is -0.325 e. The van der Waals surface area contributed by atoms with Gasteiger partial charge in [-0.3, -0.25) is 9.78 Å². The van der Waals surface area contributed by atoms with E-state index in [4.69, 9.17) is 0 Å². The molecular weight excluding hydrogens is 238 g/mol. The van der Waals surface area contributed by atoms with E-state index < -0.39 is 0 Å². The van der Waals surface area contributed by atoms with Gasteiger partial charge in [0, 0.05) is 17.4 Å². The number of anilines is 2. The zero-order valence-electron chi connectivity index (χ0n) is 11.6. The quantitative estimate of drug-likeness (QED) is 0.885. The Morgan fingerprint density at radius 2 is 2.05 bits per heavy atom. The second-order valence-electron chi connectivity index (χ2n) is 4.78. The second-order valence-corrected chi connectivity index (χ2v) is 4.78. The molecule has 0 radical (unpaired) electrons. The van der Waals surface area contributed by atoms with Gasteiger partial charge >= 0.3 is 0 Å². The van der Waals surface area contributed by atoms with Crippen LogP contribution >= 0.6 is 0 Å². The Bertz CT molecular complexity index is 632. The van der Waals surface area contributed by atoms with Crippen molar-refractivity contribution in [3.8, 4) is 0 Å². The van der Waals surface area contributed by atoms with Crippen molar-refractivity contribution in [1.29, 1.82) is 0 Å². The monoisotopic (exact) mass is 257 g/mol. The van der Waals surface area contributed by atoms with E-state index in [-0.39, 0.29) is 5.56 Å². The van der Waals surface area contributed by atoms with Gasteiger partial charge in [-0.05, 0) is 37.5 Å². The minimum atomic E-state index is -0.119. The molecule has 4 heteroatoms. The number of aromatic amines is 1. The molecule has 100 valence electrons. The first-order valence-corrected chi connectivity index (χ1v) is 6.53. The normalized spacial score (nSPS) is 10.5. The maximum atomic E-state index is 11.6. The number of nitrogens with zero attached hydrogens (tertiary/aromatic N) is 1. The highest BCUT2D eigenvalue weighted by Gasteiger charge is 2.03. The van der Waals surface area contributed by atoms with Crippen molar-refractivity contribution in [2.24, 2.45) is 0 Å². The van der Waals surface area contributed by atoms with E-state index in [2.05, 4.69) is 28.3 Å². The summed E-state index contributed by atoms with van der Waals surface area (Å²) in [6, 6.07) is 7.70. The number of hydrogen-bond acceptors (Lipinski definition) is 3. The summed E-state index contributed by atoms with van der Waals surface area (Å²) < 4.78 is 0. The minimum absolute atomic E-state index is 0.119. The van der Waals surface area contributed by atoms with Crippen LogP contribution in [-0.2, 0) is 6.42 Å². The molecule has 19 heavy (non-hydrogen) atoms. The fourth-order valence-electron chi connectivity index (χ4n) is 1.95. The molecule has 2 rings (SSSR count). The van der Waals surface area contributed by atoms with Crippen LogP contribution in [0.15, 0.2) is 29.1 Å². The molecule has 4 nitrogen and oxygen atoms in total. The van der Waals surface area contributed by atoms with Crippen molar-refractivity contribution in [2.45, 2.75) is 33.6 Å². The van der Waals surface area contributed by atoms with Crippen LogP contribution in [0.5, 0.6) is 0 Å². The zero-order chi connectivity index (χ0) is 13.8. The number of hydrogen-bond donors (Lipinski definition) is 2. The number of H-pyrrole nitrogens is 1. The molecule has 0 atom stereocenters. The van der Waals surface area contributed by atoms with E-state index in [0.29, 0.717) is 5.95 Å².